The lowest BCUT2D eigenvalue weighted by Gasteiger charge is -2.21. The minimum atomic E-state index is -0.0512. The number of hydrogen-bond donors (Lipinski definition) is 2. The van der Waals surface area contributed by atoms with Gasteiger partial charge in [0.05, 0.1) is 6.54 Å². The van der Waals surface area contributed by atoms with E-state index in [1.54, 1.807) is 11.9 Å². The molecule has 0 fully saturated rings. The van der Waals surface area contributed by atoms with Gasteiger partial charge >= 0.3 is 0 Å². The van der Waals surface area contributed by atoms with E-state index >= 15 is 0 Å². The van der Waals surface area contributed by atoms with E-state index in [2.05, 4.69) is 10.6 Å². The first-order valence-corrected chi connectivity index (χ1v) is 7.53. The number of benzene rings is 1. The van der Waals surface area contributed by atoms with Gasteiger partial charge in [-0.05, 0) is 43.8 Å². The number of carbonyl (C=O) groups is 1. The van der Waals surface area contributed by atoms with E-state index < -0.39 is 0 Å². The van der Waals surface area contributed by atoms with Crippen LogP contribution in [0.4, 0.5) is 0 Å². The Bertz CT molecular complexity index is 563. The molecule has 7 heteroatoms. The second kappa shape index (κ2) is 7.31. The molecule has 1 aliphatic rings. The van der Waals surface area contributed by atoms with Gasteiger partial charge in [0.2, 0.25) is 12.7 Å². The number of ether oxygens (including phenoxy) is 2. The van der Waals surface area contributed by atoms with E-state index in [0.717, 1.165) is 17.1 Å². The molecule has 0 saturated heterocycles. The maximum atomic E-state index is 11.7. The molecule has 2 N–H and O–H groups in total. The van der Waals surface area contributed by atoms with Crippen LogP contribution in [0, 0.1) is 0 Å². The molecule has 0 saturated carbocycles. The van der Waals surface area contributed by atoms with E-state index in [0.29, 0.717) is 11.7 Å². The van der Waals surface area contributed by atoms with Crippen molar-refractivity contribution >= 4 is 23.2 Å². The number of nitrogens with zero attached hydrogens (tertiary/aromatic N) is 1. The maximum absolute atomic E-state index is 11.7. The highest BCUT2D eigenvalue weighted by atomic mass is 32.1. The van der Waals surface area contributed by atoms with Crippen LogP contribution in [-0.2, 0) is 11.3 Å². The van der Waals surface area contributed by atoms with Crippen molar-refractivity contribution in [3.05, 3.63) is 23.8 Å². The van der Waals surface area contributed by atoms with Crippen LogP contribution in [0.1, 0.15) is 19.4 Å². The highest BCUT2D eigenvalue weighted by molar-refractivity contribution is 7.80. The molecular formula is C15H21N3O3S. The van der Waals surface area contributed by atoms with Crippen LogP contribution < -0.4 is 20.1 Å². The van der Waals surface area contributed by atoms with Gasteiger partial charge in [-0.15, -0.1) is 0 Å². The van der Waals surface area contributed by atoms with Gasteiger partial charge in [0.15, 0.2) is 16.6 Å². The average Bonchev–Trinajstić information content (AvgIpc) is 2.91. The summed E-state index contributed by atoms with van der Waals surface area (Å²) >= 11 is 5.29. The lowest BCUT2D eigenvalue weighted by atomic mass is 10.2. The van der Waals surface area contributed by atoms with E-state index in [9.17, 15) is 4.79 Å². The normalized spacial score (nSPS) is 12.2. The number of rotatable bonds is 5. The molecule has 0 spiro atoms. The third-order valence-corrected chi connectivity index (χ3v) is 3.51. The quantitative estimate of drug-likeness (QED) is 0.795. The van der Waals surface area contributed by atoms with Crippen molar-refractivity contribution in [1.29, 1.82) is 0 Å². The van der Waals surface area contributed by atoms with Crippen LogP contribution in [0.15, 0.2) is 18.2 Å². The smallest absolute Gasteiger partial charge is 0.239 e. The molecule has 0 atom stereocenters. The molecule has 120 valence electrons. The monoisotopic (exact) mass is 323 g/mol. The Morgan fingerprint density at radius 1 is 1.36 bits per heavy atom. The number of hydrogen-bond acceptors (Lipinski definition) is 4. The largest absolute Gasteiger partial charge is 0.454 e. The van der Waals surface area contributed by atoms with Crippen LogP contribution in [0.3, 0.4) is 0 Å². The second-order valence-electron chi connectivity index (χ2n) is 5.42. The molecule has 1 aliphatic heterocycles. The molecule has 0 aromatic heterocycles. The van der Waals surface area contributed by atoms with Crippen LogP contribution in [0.5, 0.6) is 11.5 Å². The zero-order valence-electron chi connectivity index (χ0n) is 13.0. The van der Waals surface area contributed by atoms with E-state index in [1.165, 1.54) is 0 Å². The Labute approximate surface area is 135 Å². The van der Waals surface area contributed by atoms with Crippen molar-refractivity contribution in [1.82, 2.24) is 15.5 Å². The van der Waals surface area contributed by atoms with E-state index in [-0.39, 0.29) is 25.3 Å². The third kappa shape index (κ3) is 4.49. The predicted molar refractivity (Wildman–Crippen MR) is 87.9 cm³/mol. The number of fused-ring (bicyclic) bond motifs is 1. The van der Waals surface area contributed by atoms with Gasteiger partial charge in [-0.25, -0.2) is 0 Å². The van der Waals surface area contributed by atoms with Gasteiger partial charge < -0.3 is 25.0 Å². The topological polar surface area (TPSA) is 62.8 Å². The fourth-order valence-electron chi connectivity index (χ4n) is 2.02. The molecular weight excluding hydrogens is 302 g/mol. The van der Waals surface area contributed by atoms with Crippen LogP contribution >= 0.6 is 12.2 Å². The molecule has 1 amide bonds. The number of likely N-dealkylation sites (N-methyl/N-ethyl adjacent to an activating group) is 1. The summed E-state index contributed by atoms with van der Waals surface area (Å²) in [5.74, 6) is 1.45. The number of thiocarbonyl (C=S) groups is 1. The Kier molecular flexibility index (Phi) is 5.43. The molecule has 1 aromatic carbocycles. The van der Waals surface area contributed by atoms with E-state index in [4.69, 9.17) is 21.7 Å². The molecule has 6 nitrogen and oxygen atoms in total. The molecule has 1 heterocycles. The predicted octanol–water partition coefficient (Wildman–Crippen LogP) is 1.25. The summed E-state index contributed by atoms with van der Waals surface area (Å²) in [6.45, 7) is 4.90. The van der Waals surface area contributed by atoms with Crippen LogP contribution in [0.2, 0.25) is 0 Å². The van der Waals surface area contributed by atoms with E-state index in [1.807, 2.05) is 32.0 Å². The van der Waals surface area contributed by atoms with Crippen molar-refractivity contribution in [3.63, 3.8) is 0 Å². The summed E-state index contributed by atoms with van der Waals surface area (Å²) in [5, 5.41) is 6.49. The van der Waals surface area contributed by atoms with Crippen molar-refractivity contribution < 1.29 is 14.3 Å². The number of carbonyl (C=O) groups excluding carboxylic acids is 1. The molecule has 0 aliphatic carbocycles. The number of amides is 1. The summed E-state index contributed by atoms with van der Waals surface area (Å²) in [7, 11) is 1.79. The zero-order valence-corrected chi connectivity index (χ0v) is 13.8. The van der Waals surface area contributed by atoms with Gasteiger partial charge in [0.25, 0.3) is 0 Å². The number of nitrogens with one attached hydrogen (secondary N) is 2. The lowest BCUT2D eigenvalue weighted by molar-refractivity contribution is -0.121. The Morgan fingerprint density at radius 2 is 2.09 bits per heavy atom. The SMILES string of the molecule is CC(C)NC(=O)CN(C)C(=S)NCc1ccc2c(c1)OCO2. The van der Waals surface area contributed by atoms with Crippen LogP contribution in [0.25, 0.3) is 0 Å². The van der Waals surface area contributed by atoms with Gasteiger partial charge in [-0.1, -0.05) is 6.07 Å². The highest BCUT2D eigenvalue weighted by Crippen LogP contribution is 2.32. The summed E-state index contributed by atoms with van der Waals surface area (Å²) in [6.07, 6.45) is 0. The Morgan fingerprint density at radius 3 is 2.82 bits per heavy atom. The Hall–Kier alpha value is -2.02. The third-order valence-electron chi connectivity index (χ3n) is 3.06. The molecule has 0 bridgehead atoms. The lowest BCUT2D eigenvalue weighted by Crippen LogP contribution is -2.44. The van der Waals surface area contributed by atoms with Gasteiger partial charge in [0, 0.05) is 19.6 Å². The summed E-state index contributed by atoms with van der Waals surface area (Å²) < 4.78 is 10.6. The minimum Gasteiger partial charge on any atom is -0.454 e. The van der Waals surface area contributed by atoms with Crippen LogP contribution in [-0.4, -0.2) is 42.3 Å². The van der Waals surface area contributed by atoms with Crippen molar-refractivity contribution in [2.45, 2.75) is 26.4 Å². The molecule has 1 aromatic rings. The standard InChI is InChI=1S/C15H21N3O3S/c1-10(2)17-14(19)8-18(3)15(22)16-7-11-4-5-12-13(6-11)21-9-20-12/h4-6,10H,7-9H2,1-3H3,(H,16,22)(H,17,19). The fourth-order valence-corrected chi connectivity index (χ4v) is 2.16. The minimum absolute atomic E-state index is 0.0512. The van der Waals surface area contributed by atoms with Gasteiger partial charge in [-0.2, -0.15) is 0 Å². The average molecular weight is 323 g/mol. The highest BCUT2D eigenvalue weighted by Gasteiger charge is 2.14. The first-order chi connectivity index (χ1) is 10.5. The van der Waals surface area contributed by atoms with Crippen molar-refractivity contribution in [3.8, 4) is 11.5 Å². The Balaban J connectivity index is 1.80. The molecule has 22 heavy (non-hydrogen) atoms. The second-order valence-corrected chi connectivity index (χ2v) is 5.81. The molecule has 0 unspecified atom stereocenters. The molecule has 0 radical (unpaired) electrons. The summed E-state index contributed by atoms with van der Waals surface area (Å²) in [4.78, 5) is 13.4. The van der Waals surface area contributed by atoms with Crippen molar-refractivity contribution in [2.75, 3.05) is 20.4 Å². The zero-order chi connectivity index (χ0) is 16.1. The van der Waals surface area contributed by atoms with Crippen molar-refractivity contribution in [2.24, 2.45) is 0 Å². The maximum Gasteiger partial charge on any atom is 0.239 e. The van der Waals surface area contributed by atoms with Gasteiger partial charge in [-0.3, -0.25) is 4.79 Å². The summed E-state index contributed by atoms with van der Waals surface area (Å²) in [5.41, 5.74) is 1.03. The first-order valence-electron chi connectivity index (χ1n) is 7.12. The first kappa shape index (κ1) is 16.4. The van der Waals surface area contributed by atoms with Gasteiger partial charge in [0.1, 0.15) is 0 Å². The summed E-state index contributed by atoms with van der Waals surface area (Å²) in [6, 6.07) is 5.87. The molecule has 2 rings (SSSR count). The fraction of sp³-hybridized carbons (Fsp3) is 0.467.